The first-order chi connectivity index (χ1) is 7.65. The molecule has 0 aliphatic carbocycles. The quantitative estimate of drug-likeness (QED) is 0.909. The van der Waals surface area contributed by atoms with Crippen LogP contribution >= 0.6 is 15.9 Å². The van der Waals surface area contributed by atoms with E-state index in [1.165, 1.54) is 0 Å². The van der Waals surface area contributed by atoms with Crippen molar-refractivity contribution in [3.63, 3.8) is 0 Å². The SMILES string of the molecule is CCc1c(C(C)O)cc(Br)c2c1OCCO2. The van der Waals surface area contributed by atoms with E-state index in [0.29, 0.717) is 13.2 Å². The van der Waals surface area contributed by atoms with Crippen LogP contribution in [0.5, 0.6) is 11.5 Å². The summed E-state index contributed by atoms with van der Waals surface area (Å²) >= 11 is 3.45. The van der Waals surface area contributed by atoms with Crippen molar-refractivity contribution in [3.05, 3.63) is 21.7 Å². The van der Waals surface area contributed by atoms with Crippen molar-refractivity contribution >= 4 is 15.9 Å². The van der Waals surface area contributed by atoms with Gasteiger partial charge in [-0.1, -0.05) is 6.92 Å². The van der Waals surface area contributed by atoms with Crippen LogP contribution in [-0.2, 0) is 6.42 Å². The lowest BCUT2D eigenvalue weighted by molar-refractivity contribution is 0.165. The highest BCUT2D eigenvalue weighted by atomic mass is 79.9. The van der Waals surface area contributed by atoms with E-state index in [9.17, 15) is 5.11 Å². The molecule has 4 heteroatoms. The number of rotatable bonds is 2. The highest BCUT2D eigenvalue weighted by Gasteiger charge is 2.23. The minimum absolute atomic E-state index is 0.498. The van der Waals surface area contributed by atoms with Crippen LogP contribution in [0.15, 0.2) is 10.5 Å². The summed E-state index contributed by atoms with van der Waals surface area (Å²) in [6.45, 7) is 4.95. The molecular formula is C12H15BrO3. The number of fused-ring (bicyclic) bond motifs is 1. The maximum Gasteiger partial charge on any atom is 0.175 e. The molecule has 0 bridgehead atoms. The molecule has 1 aromatic carbocycles. The first-order valence-corrected chi connectivity index (χ1v) is 6.23. The largest absolute Gasteiger partial charge is 0.486 e. The lowest BCUT2D eigenvalue weighted by atomic mass is 9.99. The van der Waals surface area contributed by atoms with Gasteiger partial charge in [0.1, 0.15) is 13.2 Å². The predicted octanol–water partition coefficient (Wildman–Crippen LogP) is 2.84. The molecule has 1 unspecified atom stereocenters. The van der Waals surface area contributed by atoms with E-state index in [0.717, 1.165) is 33.5 Å². The standard InChI is InChI=1S/C12H15BrO3/c1-3-8-9(7(2)14)6-10(13)12-11(8)15-4-5-16-12/h6-7,14H,3-5H2,1-2H3. The lowest BCUT2D eigenvalue weighted by Crippen LogP contribution is -2.18. The van der Waals surface area contributed by atoms with Crippen molar-refractivity contribution in [2.45, 2.75) is 26.4 Å². The minimum atomic E-state index is -0.498. The van der Waals surface area contributed by atoms with E-state index in [-0.39, 0.29) is 0 Å². The molecule has 0 amide bonds. The van der Waals surface area contributed by atoms with E-state index in [2.05, 4.69) is 15.9 Å². The summed E-state index contributed by atoms with van der Waals surface area (Å²) < 4.78 is 12.1. The maximum absolute atomic E-state index is 9.74. The Morgan fingerprint density at radius 3 is 2.56 bits per heavy atom. The Bertz CT molecular complexity index is 402. The number of aliphatic hydroxyl groups excluding tert-OH is 1. The van der Waals surface area contributed by atoms with Crippen LogP contribution in [0.25, 0.3) is 0 Å². The van der Waals surface area contributed by atoms with Crippen LogP contribution in [-0.4, -0.2) is 18.3 Å². The molecule has 1 aliphatic heterocycles. The average molecular weight is 287 g/mol. The molecule has 0 fully saturated rings. The average Bonchev–Trinajstić information content (AvgIpc) is 2.29. The minimum Gasteiger partial charge on any atom is -0.486 e. The van der Waals surface area contributed by atoms with Gasteiger partial charge >= 0.3 is 0 Å². The third kappa shape index (κ3) is 1.92. The molecule has 0 spiro atoms. The van der Waals surface area contributed by atoms with Gasteiger partial charge in [0.25, 0.3) is 0 Å². The Balaban J connectivity index is 2.61. The summed E-state index contributed by atoms with van der Waals surface area (Å²) in [6, 6.07) is 1.91. The topological polar surface area (TPSA) is 38.7 Å². The van der Waals surface area contributed by atoms with E-state index >= 15 is 0 Å². The summed E-state index contributed by atoms with van der Waals surface area (Å²) in [4.78, 5) is 0. The highest BCUT2D eigenvalue weighted by molar-refractivity contribution is 9.10. The summed E-state index contributed by atoms with van der Waals surface area (Å²) in [7, 11) is 0. The summed E-state index contributed by atoms with van der Waals surface area (Å²) in [5.74, 6) is 1.53. The van der Waals surface area contributed by atoms with Gasteiger partial charge in [-0.3, -0.25) is 0 Å². The molecule has 1 aromatic rings. The number of halogens is 1. The van der Waals surface area contributed by atoms with Crippen LogP contribution < -0.4 is 9.47 Å². The number of aliphatic hydroxyl groups is 1. The Morgan fingerprint density at radius 2 is 2.00 bits per heavy atom. The Kier molecular flexibility index (Phi) is 3.40. The van der Waals surface area contributed by atoms with E-state index in [4.69, 9.17) is 9.47 Å². The molecule has 1 N–H and O–H groups in total. The second-order valence-corrected chi connectivity index (χ2v) is 4.67. The summed E-state index contributed by atoms with van der Waals surface area (Å²) in [5, 5.41) is 9.74. The molecule has 3 nitrogen and oxygen atoms in total. The van der Waals surface area contributed by atoms with Crippen LogP contribution in [0.4, 0.5) is 0 Å². The Morgan fingerprint density at radius 1 is 1.38 bits per heavy atom. The number of hydrogen-bond donors (Lipinski definition) is 1. The number of benzene rings is 1. The lowest BCUT2D eigenvalue weighted by Gasteiger charge is -2.24. The van der Waals surface area contributed by atoms with Crippen molar-refractivity contribution in [1.82, 2.24) is 0 Å². The molecule has 0 saturated heterocycles. The monoisotopic (exact) mass is 286 g/mol. The first kappa shape index (κ1) is 11.7. The van der Waals surface area contributed by atoms with Crippen molar-refractivity contribution in [1.29, 1.82) is 0 Å². The second-order valence-electron chi connectivity index (χ2n) is 3.81. The van der Waals surface area contributed by atoms with Gasteiger partial charge in [-0.2, -0.15) is 0 Å². The molecule has 1 heterocycles. The third-order valence-electron chi connectivity index (χ3n) is 2.71. The molecule has 0 aromatic heterocycles. The predicted molar refractivity (Wildman–Crippen MR) is 65.1 cm³/mol. The van der Waals surface area contributed by atoms with Gasteiger partial charge in [-0.15, -0.1) is 0 Å². The molecule has 0 saturated carbocycles. The fourth-order valence-electron chi connectivity index (χ4n) is 1.98. The molecule has 1 aliphatic rings. The molecule has 88 valence electrons. The smallest absolute Gasteiger partial charge is 0.175 e. The first-order valence-electron chi connectivity index (χ1n) is 5.44. The molecule has 0 radical (unpaired) electrons. The van der Waals surface area contributed by atoms with Crippen molar-refractivity contribution < 1.29 is 14.6 Å². The van der Waals surface area contributed by atoms with E-state index in [1.54, 1.807) is 6.92 Å². The van der Waals surface area contributed by atoms with E-state index < -0.39 is 6.10 Å². The van der Waals surface area contributed by atoms with Gasteiger partial charge in [0.05, 0.1) is 10.6 Å². The second kappa shape index (κ2) is 4.63. The van der Waals surface area contributed by atoms with Gasteiger partial charge in [0, 0.05) is 5.56 Å². The maximum atomic E-state index is 9.74. The Hall–Kier alpha value is -0.740. The zero-order valence-corrected chi connectivity index (χ0v) is 11.0. The summed E-state index contributed by atoms with van der Waals surface area (Å²) in [5.41, 5.74) is 1.94. The van der Waals surface area contributed by atoms with Crippen molar-refractivity contribution in [2.75, 3.05) is 13.2 Å². The molecular weight excluding hydrogens is 272 g/mol. The Labute approximate surface area is 104 Å². The van der Waals surface area contributed by atoms with Crippen LogP contribution in [0, 0.1) is 0 Å². The fraction of sp³-hybridized carbons (Fsp3) is 0.500. The highest BCUT2D eigenvalue weighted by Crippen LogP contribution is 2.43. The molecule has 1 atom stereocenters. The summed E-state index contributed by atoms with van der Waals surface area (Å²) in [6.07, 6.45) is 0.321. The van der Waals surface area contributed by atoms with Crippen LogP contribution in [0.1, 0.15) is 31.1 Å². The van der Waals surface area contributed by atoms with Gasteiger partial charge in [-0.25, -0.2) is 0 Å². The normalized spacial score (nSPS) is 16.0. The number of hydrogen-bond acceptors (Lipinski definition) is 3. The van der Waals surface area contributed by atoms with Crippen LogP contribution in [0.3, 0.4) is 0 Å². The van der Waals surface area contributed by atoms with Crippen molar-refractivity contribution in [3.8, 4) is 11.5 Å². The fourth-order valence-corrected chi connectivity index (χ4v) is 2.52. The molecule has 2 rings (SSSR count). The molecule has 16 heavy (non-hydrogen) atoms. The van der Waals surface area contributed by atoms with Gasteiger partial charge in [-0.05, 0) is 40.9 Å². The zero-order chi connectivity index (χ0) is 11.7. The zero-order valence-electron chi connectivity index (χ0n) is 9.42. The van der Waals surface area contributed by atoms with Gasteiger partial charge < -0.3 is 14.6 Å². The third-order valence-corrected chi connectivity index (χ3v) is 3.30. The van der Waals surface area contributed by atoms with Gasteiger partial charge in [0.15, 0.2) is 11.5 Å². The van der Waals surface area contributed by atoms with E-state index in [1.807, 2.05) is 13.0 Å². The number of ether oxygens (including phenoxy) is 2. The van der Waals surface area contributed by atoms with Crippen molar-refractivity contribution in [2.24, 2.45) is 0 Å². The van der Waals surface area contributed by atoms with Gasteiger partial charge in [0.2, 0.25) is 0 Å². The van der Waals surface area contributed by atoms with Crippen LogP contribution in [0.2, 0.25) is 0 Å².